The number of rotatable bonds is 0. The van der Waals surface area contributed by atoms with E-state index in [9.17, 15) is 0 Å². The number of aryl methyl sites for hydroxylation is 2. The van der Waals surface area contributed by atoms with Gasteiger partial charge in [0.05, 0.1) is 28.6 Å². The lowest BCUT2D eigenvalue weighted by Gasteiger charge is -1.99. The third-order valence-electron chi connectivity index (χ3n) is 2.30. The van der Waals surface area contributed by atoms with Gasteiger partial charge in [-0.3, -0.25) is 0 Å². The van der Waals surface area contributed by atoms with Gasteiger partial charge in [-0.2, -0.15) is 0 Å². The van der Waals surface area contributed by atoms with Crippen molar-refractivity contribution in [2.45, 2.75) is 19.8 Å². The third kappa shape index (κ3) is 1.28. The molecule has 0 N–H and O–H groups in total. The number of halogens is 1. The fraction of sp³-hybridized carbons (Fsp3) is 0.300. The first-order chi connectivity index (χ1) is 5.81. The van der Waals surface area contributed by atoms with Crippen LogP contribution in [0, 0.1) is 6.92 Å². The summed E-state index contributed by atoms with van der Waals surface area (Å²) in [7, 11) is 0. The highest BCUT2D eigenvalue weighted by Gasteiger charge is 2.16. The van der Waals surface area contributed by atoms with Crippen LogP contribution in [0.25, 0.3) is 0 Å². The Morgan fingerprint density at radius 1 is 1.33 bits per heavy atom. The molecular weight excluding hydrogens is 261 g/mol. The molecule has 0 aromatic heterocycles. The summed E-state index contributed by atoms with van der Waals surface area (Å²) in [5, 5.41) is 0. The Morgan fingerprint density at radius 3 is 2.92 bits per heavy atom. The Hall–Kier alpha value is -0.380. The molecule has 0 saturated heterocycles. The van der Waals surface area contributed by atoms with Crippen LogP contribution in [0.4, 0.5) is 0 Å². The van der Waals surface area contributed by atoms with E-state index in [1.807, 2.05) is 0 Å². The lowest BCUT2D eigenvalue weighted by molar-refractivity contribution is 1.09. The van der Waals surface area contributed by atoms with E-state index in [0.717, 1.165) is 6.42 Å². The predicted molar refractivity (Wildman–Crippen MR) is 60.1 cm³/mol. The van der Waals surface area contributed by atoms with Crippen LogP contribution in [0.15, 0.2) is 21.4 Å². The summed E-state index contributed by atoms with van der Waals surface area (Å²) in [6.07, 6.45) is 2.28. The standard InChI is InChI=1S/C10H10IN/c1-7-2-4-9-8(6-7)3-5-10(9)12-11/h2,4,6H,3,5H2,1H3. The number of fused-ring (bicyclic) bond motifs is 1. The molecular formula is C10H10IN. The van der Waals surface area contributed by atoms with Gasteiger partial charge in [-0.1, -0.05) is 23.8 Å². The first-order valence-electron chi connectivity index (χ1n) is 4.09. The molecule has 1 aromatic rings. The molecule has 1 nitrogen and oxygen atoms in total. The molecule has 0 radical (unpaired) electrons. The van der Waals surface area contributed by atoms with Crippen molar-refractivity contribution in [1.82, 2.24) is 0 Å². The van der Waals surface area contributed by atoms with Gasteiger partial charge in [0.2, 0.25) is 0 Å². The van der Waals surface area contributed by atoms with Gasteiger partial charge in [-0.05, 0) is 30.9 Å². The van der Waals surface area contributed by atoms with Crippen molar-refractivity contribution in [3.8, 4) is 0 Å². The average Bonchev–Trinajstić information content (AvgIpc) is 2.46. The zero-order chi connectivity index (χ0) is 8.55. The van der Waals surface area contributed by atoms with Crippen LogP contribution < -0.4 is 0 Å². The molecule has 2 heteroatoms. The minimum atomic E-state index is 1.11. The molecule has 0 spiro atoms. The topological polar surface area (TPSA) is 12.4 Å². The minimum absolute atomic E-state index is 1.11. The minimum Gasteiger partial charge on any atom is -0.219 e. The van der Waals surface area contributed by atoms with Gasteiger partial charge >= 0.3 is 0 Å². The normalized spacial score (nSPS) is 18.3. The molecule has 0 unspecified atom stereocenters. The molecule has 0 fully saturated rings. The molecule has 2 rings (SSSR count). The Labute approximate surface area is 86.4 Å². The number of benzene rings is 1. The fourth-order valence-corrected chi connectivity index (χ4v) is 2.19. The molecule has 1 aliphatic carbocycles. The van der Waals surface area contributed by atoms with Crippen LogP contribution >= 0.6 is 22.9 Å². The second-order valence-corrected chi connectivity index (χ2v) is 3.67. The second kappa shape index (κ2) is 3.17. The monoisotopic (exact) mass is 271 g/mol. The molecule has 1 aliphatic rings. The lowest BCUT2D eigenvalue weighted by Crippen LogP contribution is -1.91. The van der Waals surface area contributed by atoms with Crippen molar-refractivity contribution in [3.63, 3.8) is 0 Å². The molecule has 62 valence electrons. The SMILES string of the molecule is Cc1ccc2c(c1)CCC2=NI. The highest BCUT2D eigenvalue weighted by atomic mass is 127. The Balaban J connectivity index is 2.55. The fourth-order valence-electron chi connectivity index (χ4n) is 1.69. The van der Waals surface area contributed by atoms with Crippen LogP contribution in [-0.4, -0.2) is 5.71 Å². The first kappa shape index (κ1) is 8.23. The summed E-state index contributed by atoms with van der Waals surface area (Å²) in [5.74, 6) is 0. The van der Waals surface area contributed by atoms with Crippen LogP contribution in [-0.2, 0) is 6.42 Å². The maximum atomic E-state index is 4.25. The van der Waals surface area contributed by atoms with Crippen molar-refractivity contribution < 1.29 is 0 Å². The van der Waals surface area contributed by atoms with E-state index in [0.29, 0.717) is 0 Å². The van der Waals surface area contributed by atoms with Crippen LogP contribution in [0.1, 0.15) is 23.1 Å². The van der Waals surface area contributed by atoms with Crippen LogP contribution in [0.3, 0.4) is 0 Å². The zero-order valence-corrected chi connectivity index (χ0v) is 9.13. The molecule has 1 aromatic carbocycles. The Kier molecular flexibility index (Phi) is 2.17. The van der Waals surface area contributed by atoms with E-state index >= 15 is 0 Å². The van der Waals surface area contributed by atoms with Gasteiger partial charge in [-0.15, -0.1) is 0 Å². The summed E-state index contributed by atoms with van der Waals surface area (Å²) >= 11 is 2.08. The molecule has 0 amide bonds. The molecule has 0 atom stereocenters. The summed E-state index contributed by atoms with van der Waals surface area (Å²) < 4.78 is 4.25. The van der Waals surface area contributed by atoms with Gasteiger partial charge in [0.25, 0.3) is 0 Å². The number of hydrogen-bond donors (Lipinski definition) is 0. The lowest BCUT2D eigenvalue weighted by atomic mass is 10.1. The van der Waals surface area contributed by atoms with Gasteiger partial charge in [0.1, 0.15) is 0 Å². The zero-order valence-electron chi connectivity index (χ0n) is 6.97. The van der Waals surface area contributed by atoms with Gasteiger partial charge in [-0.25, -0.2) is 3.21 Å². The summed E-state index contributed by atoms with van der Waals surface area (Å²) in [6, 6.07) is 6.62. The molecule has 0 saturated carbocycles. The highest BCUT2D eigenvalue weighted by Crippen LogP contribution is 2.24. The predicted octanol–water partition coefficient (Wildman–Crippen LogP) is 3.08. The summed E-state index contributed by atoms with van der Waals surface area (Å²) in [4.78, 5) is 0. The maximum absolute atomic E-state index is 4.25. The quantitative estimate of drug-likeness (QED) is 0.643. The third-order valence-corrected chi connectivity index (χ3v) is 2.89. The van der Waals surface area contributed by atoms with E-state index in [4.69, 9.17) is 0 Å². The van der Waals surface area contributed by atoms with Gasteiger partial charge in [0.15, 0.2) is 0 Å². The van der Waals surface area contributed by atoms with E-state index in [2.05, 4.69) is 51.2 Å². The van der Waals surface area contributed by atoms with Crippen molar-refractivity contribution >= 4 is 28.6 Å². The highest BCUT2D eigenvalue weighted by molar-refractivity contribution is 14.1. The van der Waals surface area contributed by atoms with Crippen molar-refractivity contribution in [2.75, 3.05) is 0 Å². The average molecular weight is 271 g/mol. The Morgan fingerprint density at radius 2 is 2.17 bits per heavy atom. The summed E-state index contributed by atoms with van der Waals surface area (Å²) in [5.41, 5.74) is 5.43. The number of hydrogen-bond acceptors (Lipinski definition) is 1. The Bertz CT molecular complexity index is 342. The van der Waals surface area contributed by atoms with E-state index in [-0.39, 0.29) is 0 Å². The maximum Gasteiger partial charge on any atom is 0.0834 e. The first-order valence-corrected chi connectivity index (χ1v) is 5.05. The van der Waals surface area contributed by atoms with Gasteiger partial charge in [0, 0.05) is 0 Å². The van der Waals surface area contributed by atoms with Crippen LogP contribution in [0.5, 0.6) is 0 Å². The summed E-state index contributed by atoms with van der Waals surface area (Å²) in [6.45, 7) is 2.14. The van der Waals surface area contributed by atoms with Crippen molar-refractivity contribution in [2.24, 2.45) is 3.21 Å². The van der Waals surface area contributed by atoms with Gasteiger partial charge < -0.3 is 0 Å². The largest absolute Gasteiger partial charge is 0.219 e. The molecule has 0 bridgehead atoms. The van der Waals surface area contributed by atoms with Crippen molar-refractivity contribution in [1.29, 1.82) is 0 Å². The smallest absolute Gasteiger partial charge is 0.0834 e. The van der Waals surface area contributed by atoms with E-state index in [1.165, 1.54) is 28.8 Å². The van der Waals surface area contributed by atoms with Crippen molar-refractivity contribution in [3.05, 3.63) is 34.9 Å². The molecule has 0 aliphatic heterocycles. The van der Waals surface area contributed by atoms with Crippen LogP contribution in [0.2, 0.25) is 0 Å². The molecule has 12 heavy (non-hydrogen) atoms. The number of nitrogens with zero attached hydrogens (tertiary/aromatic N) is 1. The van der Waals surface area contributed by atoms with E-state index in [1.54, 1.807) is 0 Å². The molecule has 0 heterocycles. The second-order valence-electron chi connectivity index (χ2n) is 3.19. The van der Waals surface area contributed by atoms with E-state index < -0.39 is 0 Å².